The first kappa shape index (κ1) is 14.9. The van der Waals surface area contributed by atoms with Crippen molar-refractivity contribution in [3.8, 4) is 0 Å². The Balaban J connectivity index is 1.91. The number of hydrogen-bond acceptors (Lipinski definition) is 3. The molecule has 1 fully saturated rings. The minimum atomic E-state index is 0.444. The summed E-state index contributed by atoms with van der Waals surface area (Å²) in [7, 11) is 0. The Hall–Kier alpha value is -0.480. The Kier molecular flexibility index (Phi) is 6.24. The summed E-state index contributed by atoms with van der Waals surface area (Å²) in [6.45, 7) is 6.32. The lowest BCUT2D eigenvalue weighted by Gasteiger charge is -2.24. The van der Waals surface area contributed by atoms with Crippen LogP contribution in [0.2, 0.25) is 0 Å². The molecule has 1 aliphatic rings. The average Bonchev–Trinajstić information content (AvgIpc) is 2.93. The molecule has 0 saturated heterocycles. The predicted octanol–water partition coefficient (Wildman–Crippen LogP) is 3.62. The van der Waals surface area contributed by atoms with Crippen LogP contribution in [0.4, 0.5) is 0 Å². The topological polar surface area (TPSA) is 29.9 Å². The molecule has 0 spiro atoms. The third-order valence-corrected chi connectivity index (χ3v) is 5.38. The molecule has 0 aromatic carbocycles. The lowest BCUT2D eigenvalue weighted by molar-refractivity contribution is 0.508. The molecule has 3 nitrogen and oxygen atoms in total. The molecule has 1 aromatic rings. The maximum atomic E-state index is 4.40. The summed E-state index contributed by atoms with van der Waals surface area (Å²) >= 11 is 2.16. The van der Waals surface area contributed by atoms with E-state index in [1.54, 1.807) is 0 Å². The maximum Gasteiger partial charge on any atom is 0.0583 e. The van der Waals surface area contributed by atoms with Gasteiger partial charge in [0.2, 0.25) is 0 Å². The van der Waals surface area contributed by atoms with Gasteiger partial charge in [-0.2, -0.15) is 16.9 Å². The summed E-state index contributed by atoms with van der Waals surface area (Å²) in [6, 6.07) is 2.61. The molecule has 0 bridgehead atoms. The maximum absolute atomic E-state index is 4.40. The van der Waals surface area contributed by atoms with Crippen LogP contribution < -0.4 is 5.32 Å². The van der Waals surface area contributed by atoms with E-state index in [0.29, 0.717) is 6.04 Å². The molecule has 1 atom stereocenters. The lowest BCUT2D eigenvalue weighted by Crippen LogP contribution is -2.26. The van der Waals surface area contributed by atoms with E-state index in [2.05, 4.69) is 46.8 Å². The second-order valence-corrected chi connectivity index (χ2v) is 6.61. The fourth-order valence-electron chi connectivity index (χ4n) is 2.86. The number of nitrogens with one attached hydrogen (secondary N) is 1. The van der Waals surface area contributed by atoms with Crippen LogP contribution in [0.1, 0.15) is 57.7 Å². The van der Waals surface area contributed by atoms with E-state index >= 15 is 0 Å². The second-order valence-electron chi connectivity index (χ2n) is 5.28. The average molecular weight is 281 g/mol. The number of rotatable bonds is 7. The monoisotopic (exact) mass is 281 g/mol. The Bertz CT molecular complexity index is 358. The molecule has 4 heteroatoms. The van der Waals surface area contributed by atoms with Crippen LogP contribution in [0, 0.1) is 0 Å². The highest BCUT2D eigenvalue weighted by Gasteiger charge is 2.19. The van der Waals surface area contributed by atoms with Gasteiger partial charge >= 0.3 is 0 Å². The van der Waals surface area contributed by atoms with Crippen LogP contribution >= 0.6 is 11.8 Å². The third kappa shape index (κ3) is 4.25. The van der Waals surface area contributed by atoms with Gasteiger partial charge in [-0.1, -0.05) is 26.2 Å². The van der Waals surface area contributed by atoms with Gasteiger partial charge in [0.25, 0.3) is 0 Å². The van der Waals surface area contributed by atoms with E-state index in [1.807, 2.05) is 6.20 Å². The molecule has 1 aliphatic carbocycles. The van der Waals surface area contributed by atoms with Crippen molar-refractivity contribution >= 4 is 11.8 Å². The minimum Gasteiger partial charge on any atom is -0.308 e. The molecule has 0 amide bonds. The molecule has 108 valence electrons. The molecule has 0 radical (unpaired) electrons. The van der Waals surface area contributed by atoms with Crippen molar-refractivity contribution < 1.29 is 0 Å². The molecule has 1 N–H and O–H groups in total. The first-order valence-corrected chi connectivity index (χ1v) is 8.76. The first-order valence-electron chi connectivity index (χ1n) is 7.71. The van der Waals surface area contributed by atoms with E-state index in [4.69, 9.17) is 0 Å². The number of hydrogen-bond donors (Lipinski definition) is 1. The Morgan fingerprint density at radius 2 is 2.16 bits per heavy atom. The summed E-state index contributed by atoms with van der Waals surface area (Å²) < 4.78 is 2.12. The van der Waals surface area contributed by atoms with Crippen LogP contribution in [-0.2, 0) is 6.54 Å². The predicted molar refractivity (Wildman–Crippen MR) is 83.6 cm³/mol. The van der Waals surface area contributed by atoms with Gasteiger partial charge in [0.1, 0.15) is 0 Å². The van der Waals surface area contributed by atoms with Crippen molar-refractivity contribution in [2.45, 2.75) is 63.8 Å². The van der Waals surface area contributed by atoms with Gasteiger partial charge in [-0.15, -0.1) is 0 Å². The second kappa shape index (κ2) is 7.95. The SMILES string of the molecule is CCNC(CSC1CCCCC1)c1ccnn1CC. The molecule has 1 aromatic heterocycles. The van der Waals surface area contributed by atoms with E-state index in [0.717, 1.165) is 18.3 Å². The smallest absolute Gasteiger partial charge is 0.0583 e. The largest absolute Gasteiger partial charge is 0.308 e. The molecule has 0 aliphatic heterocycles. The third-order valence-electron chi connectivity index (χ3n) is 3.91. The fourth-order valence-corrected chi connectivity index (χ4v) is 4.28. The van der Waals surface area contributed by atoms with E-state index in [9.17, 15) is 0 Å². The van der Waals surface area contributed by atoms with Gasteiger partial charge in [0, 0.05) is 23.7 Å². The molecule has 2 rings (SSSR count). The molecule has 1 unspecified atom stereocenters. The Morgan fingerprint density at radius 1 is 1.37 bits per heavy atom. The summed E-state index contributed by atoms with van der Waals surface area (Å²) in [5, 5.41) is 8.90. The highest BCUT2D eigenvalue weighted by atomic mass is 32.2. The van der Waals surface area contributed by atoms with Crippen LogP contribution in [0.25, 0.3) is 0 Å². The molecule has 19 heavy (non-hydrogen) atoms. The Morgan fingerprint density at radius 3 is 2.84 bits per heavy atom. The Labute approximate surface area is 121 Å². The van der Waals surface area contributed by atoms with Crippen molar-refractivity contribution in [3.63, 3.8) is 0 Å². The molecular formula is C15H27N3S. The summed E-state index contributed by atoms with van der Waals surface area (Å²) in [6.07, 6.45) is 9.05. The van der Waals surface area contributed by atoms with Gasteiger partial charge < -0.3 is 5.32 Å². The quantitative estimate of drug-likeness (QED) is 0.828. The lowest BCUT2D eigenvalue weighted by atomic mass is 10.0. The minimum absolute atomic E-state index is 0.444. The van der Waals surface area contributed by atoms with Crippen molar-refractivity contribution in [2.24, 2.45) is 0 Å². The van der Waals surface area contributed by atoms with Gasteiger partial charge in [-0.05, 0) is 32.4 Å². The number of nitrogens with zero attached hydrogens (tertiary/aromatic N) is 2. The zero-order valence-corrected chi connectivity index (χ0v) is 13.1. The normalized spacial score (nSPS) is 18.6. The van der Waals surface area contributed by atoms with Gasteiger partial charge in [0.05, 0.1) is 11.7 Å². The van der Waals surface area contributed by atoms with E-state index < -0.39 is 0 Å². The van der Waals surface area contributed by atoms with Crippen LogP contribution in [0.5, 0.6) is 0 Å². The van der Waals surface area contributed by atoms with Gasteiger partial charge in [-0.3, -0.25) is 4.68 Å². The van der Waals surface area contributed by atoms with Crippen molar-refractivity contribution in [1.82, 2.24) is 15.1 Å². The van der Waals surface area contributed by atoms with Crippen LogP contribution in [0.3, 0.4) is 0 Å². The summed E-state index contributed by atoms with van der Waals surface area (Å²) in [5.41, 5.74) is 1.34. The molecular weight excluding hydrogens is 254 g/mol. The van der Waals surface area contributed by atoms with Crippen LogP contribution in [-0.4, -0.2) is 27.3 Å². The van der Waals surface area contributed by atoms with Gasteiger partial charge in [-0.25, -0.2) is 0 Å². The zero-order chi connectivity index (χ0) is 13.5. The van der Waals surface area contributed by atoms with E-state index in [-0.39, 0.29) is 0 Å². The molecule has 1 heterocycles. The van der Waals surface area contributed by atoms with Crippen molar-refractivity contribution in [1.29, 1.82) is 0 Å². The van der Waals surface area contributed by atoms with Crippen molar-refractivity contribution in [2.75, 3.05) is 12.3 Å². The number of aryl methyl sites for hydroxylation is 1. The standard InChI is InChI=1S/C15H27N3S/c1-3-16-14(15-10-11-17-18(15)4-2)12-19-13-8-6-5-7-9-13/h10-11,13-14,16H,3-9,12H2,1-2H3. The highest BCUT2D eigenvalue weighted by Crippen LogP contribution is 2.31. The number of thioether (sulfide) groups is 1. The first-order chi connectivity index (χ1) is 9.35. The zero-order valence-electron chi connectivity index (χ0n) is 12.3. The summed E-state index contributed by atoms with van der Waals surface area (Å²) in [5.74, 6) is 1.17. The van der Waals surface area contributed by atoms with Crippen molar-refractivity contribution in [3.05, 3.63) is 18.0 Å². The molecule has 1 saturated carbocycles. The van der Waals surface area contributed by atoms with E-state index in [1.165, 1.54) is 43.6 Å². The number of aromatic nitrogens is 2. The fraction of sp³-hybridized carbons (Fsp3) is 0.800. The summed E-state index contributed by atoms with van der Waals surface area (Å²) in [4.78, 5) is 0. The highest BCUT2D eigenvalue weighted by molar-refractivity contribution is 7.99. The van der Waals surface area contributed by atoms with Gasteiger partial charge in [0.15, 0.2) is 0 Å². The van der Waals surface area contributed by atoms with Crippen LogP contribution in [0.15, 0.2) is 12.3 Å².